The second kappa shape index (κ2) is 24.9. The molecule has 1 aliphatic heterocycles. The van der Waals surface area contributed by atoms with Crippen molar-refractivity contribution in [2.24, 2.45) is 0 Å². The number of anilines is 2. The highest BCUT2D eigenvalue weighted by atomic mass is 32.2. The molecule has 14 nitrogen and oxygen atoms in total. The van der Waals surface area contributed by atoms with Gasteiger partial charge in [0.1, 0.15) is 5.69 Å². The van der Waals surface area contributed by atoms with E-state index in [1.807, 2.05) is 78.9 Å². The van der Waals surface area contributed by atoms with E-state index in [4.69, 9.17) is 29.3 Å². The van der Waals surface area contributed by atoms with Crippen molar-refractivity contribution in [3.63, 3.8) is 0 Å². The molecule has 0 radical (unpaired) electrons. The van der Waals surface area contributed by atoms with Gasteiger partial charge in [-0.25, -0.2) is 15.9 Å². The van der Waals surface area contributed by atoms with Gasteiger partial charge >= 0.3 is 0 Å². The molecule has 2 aliphatic rings. The van der Waals surface area contributed by atoms with Crippen molar-refractivity contribution >= 4 is 52.3 Å². The van der Waals surface area contributed by atoms with E-state index in [2.05, 4.69) is 28.9 Å². The maximum absolute atomic E-state index is 12.7. The van der Waals surface area contributed by atoms with Crippen LogP contribution in [0.2, 0.25) is 0 Å². The predicted octanol–water partition coefficient (Wildman–Crippen LogP) is 9.98. The molecule has 15 heteroatoms. The fraction of sp³-hybridized carbons (Fsp3) is 0.396. The Kier molecular flexibility index (Phi) is 18.5. The second-order valence-electron chi connectivity index (χ2n) is 15.7. The lowest BCUT2D eigenvalue weighted by atomic mass is 10.0. The van der Waals surface area contributed by atoms with E-state index in [9.17, 15) is 19.2 Å². The minimum Gasteiger partial charge on any atom is -0.431 e. The molecular formula is C48H57N5O9S. The summed E-state index contributed by atoms with van der Waals surface area (Å²) in [6, 6.07) is 25.1. The van der Waals surface area contributed by atoms with Gasteiger partial charge in [0.2, 0.25) is 23.6 Å². The molecule has 334 valence electrons. The molecule has 1 saturated heterocycles. The molecule has 1 aromatic heterocycles. The molecule has 3 unspecified atom stereocenters. The van der Waals surface area contributed by atoms with Crippen LogP contribution in [-0.4, -0.2) is 50.9 Å². The molecular weight excluding hydrogens is 823 g/mol. The number of benzene rings is 3. The van der Waals surface area contributed by atoms with Crippen molar-refractivity contribution in [2.75, 3.05) is 16.4 Å². The Morgan fingerprint density at radius 3 is 1.75 bits per heavy atom. The maximum Gasteiger partial charge on any atom is 0.256 e. The highest BCUT2D eigenvalue weighted by molar-refractivity contribution is 7.99. The summed E-state index contributed by atoms with van der Waals surface area (Å²) in [5, 5.41) is 23.7. The zero-order chi connectivity index (χ0) is 44.2. The van der Waals surface area contributed by atoms with E-state index in [1.165, 1.54) is 11.8 Å². The zero-order valence-corrected chi connectivity index (χ0v) is 36.2. The number of carbonyl (C=O) groups is 4. The number of ether oxygens (including phenoxy) is 2. The van der Waals surface area contributed by atoms with Gasteiger partial charge in [-0.1, -0.05) is 110 Å². The van der Waals surface area contributed by atoms with Crippen molar-refractivity contribution in [3.05, 3.63) is 114 Å². The number of allylic oxidation sites excluding steroid dienone is 4. The van der Waals surface area contributed by atoms with Crippen molar-refractivity contribution in [1.82, 2.24) is 15.9 Å². The second-order valence-corrected chi connectivity index (χ2v) is 16.6. The summed E-state index contributed by atoms with van der Waals surface area (Å²) in [6.45, 7) is 0. The number of rotatable bonds is 23. The van der Waals surface area contributed by atoms with Gasteiger partial charge in [0.15, 0.2) is 12.1 Å². The monoisotopic (exact) mass is 879 g/mol. The Hall–Kier alpha value is -5.58. The van der Waals surface area contributed by atoms with Crippen LogP contribution in [0, 0.1) is 0 Å². The smallest absolute Gasteiger partial charge is 0.256 e. The molecule has 0 spiro atoms. The number of aromatic nitrogens is 1. The van der Waals surface area contributed by atoms with E-state index >= 15 is 0 Å². The number of hydrogen-bond acceptors (Lipinski definition) is 11. The number of oxazole rings is 1. The van der Waals surface area contributed by atoms with E-state index in [-0.39, 0.29) is 36.9 Å². The van der Waals surface area contributed by atoms with Gasteiger partial charge in [0.25, 0.3) is 5.22 Å². The van der Waals surface area contributed by atoms with E-state index in [1.54, 1.807) is 11.0 Å². The molecule has 0 saturated carbocycles. The van der Waals surface area contributed by atoms with Gasteiger partial charge in [-0.05, 0) is 73.9 Å². The van der Waals surface area contributed by atoms with Crippen LogP contribution in [0.25, 0.3) is 16.9 Å². The Morgan fingerprint density at radius 1 is 0.651 bits per heavy atom. The number of amides is 4. The van der Waals surface area contributed by atoms with Crippen molar-refractivity contribution in [1.29, 1.82) is 0 Å². The van der Waals surface area contributed by atoms with Crippen molar-refractivity contribution < 1.29 is 43.5 Å². The summed E-state index contributed by atoms with van der Waals surface area (Å²) in [4.78, 5) is 52.7. The van der Waals surface area contributed by atoms with Crippen LogP contribution in [0.5, 0.6) is 0 Å². The van der Waals surface area contributed by atoms with Crippen LogP contribution in [0.4, 0.5) is 11.4 Å². The number of carbonyl (C=O) groups excluding carboxylic acids is 4. The van der Waals surface area contributed by atoms with Crippen molar-refractivity contribution in [2.45, 2.75) is 120 Å². The largest absolute Gasteiger partial charge is 0.431 e. The Morgan fingerprint density at radius 2 is 1.21 bits per heavy atom. The van der Waals surface area contributed by atoms with Gasteiger partial charge in [0.05, 0.1) is 12.2 Å². The van der Waals surface area contributed by atoms with Crippen LogP contribution in [0.1, 0.15) is 126 Å². The first kappa shape index (κ1) is 46.9. The average molecular weight is 880 g/mol. The summed E-state index contributed by atoms with van der Waals surface area (Å²) < 4.78 is 19.7. The molecule has 3 atom stereocenters. The summed E-state index contributed by atoms with van der Waals surface area (Å²) in [6.07, 6.45) is 14.8. The molecule has 4 aromatic rings. The molecule has 0 bridgehead atoms. The Balaban J connectivity index is 1.10. The third-order valence-corrected chi connectivity index (χ3v) is 11.7. The summed E-state index contributed by atoms with van der Waals surface area (Å²) in [5.41, 5.74) is 9.15. The SMILES string of the molecule is O=C(CCCCCCC(=O)Nc1ccc(C2CC(CSc3nc(C4=CCCC=C4)c(-c4ccccc4)o3)OC(c3ccc(NC(=O)CCCCCCC(=O)NO)cc3)O2)cc1)NO. The first-order valence-electron chi connectivity index (χ1n) is 21.8. The molecule has 6 rings (SSSR count). The van der Waals surface area contributed by atoms with Gasteiger partial charge in [0, 0.05) is 60.4 Å². The highest BCUT2D eigenvalue weighted by Crippen LogP contribution is 2.41. The third-order valence-electron chi connectivity index (χ3n) is 10.8. The number of nitrogens with zero attached hydrogens (tertiary/aromatic N) is 1. The molecule has 4 amide bonds. The summed E-state index contributed by atoms with van der Waals surface area (Å²) in [7, 11) is 0. The molecule has 3 aromatic carbocycles. The third kappa shape index (κ3) is 15.0. The topological polar surface area (TPSA) is 201 Å². The van der Waals surface area contributed by atoms with E-state index in [0.29, 0.717) is 67.3 Å². The fourth-order valence-electron chi connectivity index (χ4n) is 7.39. The van der Waals surface area contributed by atoms with Crippen LogP contribution in [0.3, 0.4) is 0 Å². The first-order chi connectivity index (χ1) is 30.8. The predicted molar refractivity (Wildman–Crippen MR) is 240 cm³/mol. The van der Waals surface area contributed by atoms with Gasteiger partial charge < -0.3 is 24.5 Å². The summed E-state index contributed by atoms with van der Waals surface area (Å²) in [5.74, 6) is 0.283. The minimum absolute atomic E-state index is 0.0853. The lowest BCUT2D eigenvalue weighted by molar-refractivity contribution is -0.245. The number of nitrogens with one attached hydrogen (secondary N) is 4. The van der Waals surface area contributed by atoms with Crippen LogP contribution in [0.15, 0.2) is 107 Å². The van der Waals surface area contributed by atoms with Crippen LogP contribution in [-0.2, 0) is 28.7 Å². The van der Waals surface area contributed by atoms with Crippen molar-refractivity contribution in [3.8, 4) is 11.3 Å². The minimum atomic E-state index is -0.707. The van der Waals surface area contributed by atoms with Crippen LogP contribution >= 0.6 is 11.8 Å². The molecule has 63 heavy (non-hydrogen) atoms. The Labute approximate surface area is 372 Å². The summed E-state index contributed by atoms with van der Waals surface area (Å²) >= 11 is 1.50. The molecule has 6 N–H and O–H groups in total. The average Bonchev–Trinajstić information content (AvgIpc) is 3.76. The number of thioether (sulfide) groups is 1. The highest BCUT2D eigenvalue weighted by Gasteiger charge is 2.33. The number of hydroxylamine groups is 2. The first-order valence-corrected chi connectivity index (χ1v) is 22.8. The van der Waals surface area contributed by atoms with Gasteiger partial charge in [-0.2, -0.15) is 0 Å². The number of unbranched alkanes of at least 4 members (excludes halogenated alkanes) is 6. The van der Waals surface area contributed by atoms with Crippen LogP contribution < -0.4 is 21.6 Å². The Bertz CT molecular complexity index is 2070. The van der Waals surface area contributed by atoms with Gasteiger partial charge in [-0.15, -0.1) is 0 Å². The lowest BCUT2D eigenvalue weighted by Crippen LogP contribution is -2.31. The van der Waals surface area contributed by atoms with E-state index < -0.39 is 18.1 Å². The lowest BCUT2D eigenvalue weighted by Gasteiger charge is -2.36. The van der Waals surface area contributed by atoms with E-state index in [0.717, 1.165) is 72.2 Å². The number of hydrogen-bond donors (Lipinski definition) is 6. The molecule has 1 fully saturated rings. The standard InChI is InChI=1S/C48H57N5O9S/c54-41(19-11-1-3-13-21-43(56)52-58)49-37-27-23-33(24-28-37)40-31-39(32-63-48-51-45(34-15-7-5-8-16-34)46(62-48)35-17-9-6-10-18-35)60-47(61-40)36-25-29-38(30-26-36)50-42(55)20-12-2-4-14-22-44(57)53-59/h6-7,9-10,15-18,23-30,39-40,47,58-59H,1-5,8,11-14,19-22,31-32H2,(H,49,54)(H,50,55)(H,52,56)(H,53,57). The fourth-order valence-corrected chi connectivity index (χ4v) is 8.24. The quantitative estimate of drug-likeness (QED) is 0.0179. The maximum atomic E-state index is 12.7. The molecule has 1 aliphatic carbocycles. The molecule has 2 heterocycles. The van der Waals surface area contributed by atoms with Gasteiger partial charge in [-0.3, -0.25) is 29.6 Å². The normalized spacial score (nSPS) is 17.1. The zero-order valence-electron chi connectivity index (χ0n) is 35.4.